The van der Waals surface area contributed by atoms with E-state index in [1.54, 1.807) is 6.07 Å². The quantitative estimate of drug-likeness (QED) is 0.804. The first-order valence-corrected chi connectivity index (χ1v) is 6.19. The molecular weight excluding hydrogens is 225 g/mol. The third kappa shape index (κ3) is 4.11. The third-order valence-corrected chi connectivity index (χ3v) is 3.14. The van der Waals surface area contributed by atoms with Gasteiger partial charge in [0.2, 0.25) is 0 Å². The Morgan fingerprint density at radius 1 is 1.38 bits per heavy atom. The SMILES string of the molecule is CCNCC(CC)Cc1ccc(F)cc1Cl. The standard InChI is InChI=1S/C13H19ClFN/c1-3-10(9-16-4-2)7-11-5-6-12(15)8-13(11)14/h5-6,8,10,16H,3-4,7,9H2,1-2H3. The molecule has 1 rings (SSSR count). The fraction of sp³-hybridized carbons (Fsp3) is 0.538. The molecule has 16 heavy (non-hydrogen) atoms. The second-order valence-corrected chi connectivity index (χ2v) is 4.43. The summed E-state index contributed by atoms with van der Waals surface area (Å²) in [5.41, 5.74) is 1.04. The number of hydrogen-bond donors (Lipinski definition) is 1. The van der Waals surface area contributed by atoms with Crippen molar-refractivity contribution in [1.82, 2.24) is 5.32 Å². The van der Waals surface area contributed by atoms with Crippen LogP contribution in [0.15, 0.2) is 18.2 Å². The Kier molecular flexibility index (Phi) is 5.78. The van der Waals surface area contributed by atoms with Crippen molar-refractivity contribution in [1.29, 1.82) is 0 Å². The van der Waals surface area contributed by atoms with E-state index in [9.17, 15) is 4.39 Å². The summed E-state index contributed by atoms with van der Waals surface area (Å²) >= 11 is 6.00. The number of halogens is 2. The van der Waals surface area contributed by atoms with Gasteiger partial charge in [-0.2, -0.15) is 0 Å². The second kappa shape index (κ2) is 6.87. The highest BCUT2D eigenvalue weighted by atomic mass is 35.5. The van der Waals surface area contributed by atoms with Crippen molar-refractivity contribution in [3.63, 3.8) is 0 Å². The van der Waals surface area contributed by atoms with Gasteiger partial charge in [0, 0.05) is 5.02 Å². The van der Waals surface area contributed by atoms with Crippen LogP contribution >= 0.6 is 11.6 Å². The molecule has 0 aliphatic carbocycles. The monoisotopic (exact) mass is 243 g/mol. The maximum atomic E-state index is 12.9. The van der Waals surface area contributed by atoms with Crippen LogP contribution in [0.1, 0.15) is 25.8 Å². The number of rotatable bonds is 6. The molecule has 0 radical (unpaired) electrons. The summed E-state index contributed by atoms with van der Waals surface area (Å²) in [5, 5.41) is 3.87. The van der Waals surface area contributed by atoms with Crippen LogP contribution in [0.3, 0.4) is 0 Å². The smallest absolute Gasteiger partial charge is 0.124 e. The van der Waals surface area contributed by atoms with E-state index >= 15 is 0 Å². The highest BCUT2D eigenvalue weighted by Crippen LogP contribution is 2.21. The Hall–Kier alpha value is -0.600. The molecular formula is C13H19ClFN. The van der Waals surface area contributed by atoms with E-state index in [0.717, 1.165) is 31.5 Å². The average Bonchev–Trinajstić information content (AvgIpc) is 2.27. The van der Waals surface area contributed by atoms with Crippen LogP contribution in [0.5, 0.6) is 0 Å². The van der Waals surface area contributed by atoms with Crippen LogP contribution in [0.2, 0.25) is 5.02 Å². The Balaban J connectivity index is 2.62. The Morgan fingerprint density at radius 3 is 2.69 bits per heavy atom. The van der Waals surface area contributed by atoms with Gasteiger partial charge in [0.05, 0.1) is 0 Å². The summed E-state index contributed by atoms with van der Waals surface area (Å²) in [5.74, 6) is 0.288. The zero-order chi connectivity index (χ0) is 12.0. The molecule has 0 heterocycles. The van der Waals surface area contributed by atoms with Crippen LogP contribution in [-0.4, -0.2) is 13.1 Å². The Bertz CT molecular complexity index is 328. The zero-order valence-electron chi connectivity index (χ0n) is 9.89. The van der Waals surface area contributed by atoms with Crippen LogP contribution in [0.4, 0.5) is 4.39 Å². The molecule has 3 heteroatoms. The number of benzene rings is 1. The Morgan fingerprint density at radius 2 is 2.12 bits per heavy atom. The maximum absolute atomic E-state index is 12.9. The average molecular weight is 244 g/mol. The van der Waals surface area contributed by atoms with Gasteiger partial charge in [-0.25, -0.2) is 4.39 Å². The third-order valence-electron chi connectivity index (χ3n) is 2.78. The molecule has 0 spiro atoms. The lowest BCUT2D eigenvalue weighted by molar-refractivity contribution is 0.467. The van der Waals surface area contributed by atoms with Gasteiger partial charge in [-0.3, -0.25) is 0 Å². The van der Waals surface area contributed by atoms with Crippen LogP contribution < -0.4 is 5.32 Å². The van der Waals surface area contributed by atoms with Gasteiger partial charge in [0.15, 0.2) is 0 Å². The largest absolute Gasteiger partial charge is 0.317 e. The molecule has 0 amide bonds. The molecule has 1 N–H and O–H groups in total. The van der Waals surface area contributed by atoms with Gasteiger partial charge in [-0.15, -0.1) is 0 Å². The molecule has 1 atom stereocenters. The molecule has 0 aliphatic heterocycles. The van der Waals surface area contributed by atoms with Gasteiger partial charge < -0.3 is 5.32 Å². The highest BCUT2D eigenvalue weighted by molar-refractivity contribution is 6.31. The van der Waals surface area contributed by atoms with E-state index in [0.29, 0.717) is 10.9 Å². The van der Waals surface area contributed by atoms with E-state index in [1.807, 2.05) is 0 Å². The van der Waals surface area contributed by atoms with E-state index < -0.39 is 0 Å². The summed E-state index contributed by atoms with van der Waals surface area (Å²) in [6.45, 7) is 6.23. The van der Waals surface area contributed by atoms with E-state index in [1.165, 1.54) is 12.1 Å². The molecule has 0 saturated carbocycles. The summed E-state index contributed by atoms with van der Waals surface area (Å²) in [7, 11) is 0. The van der Waals surface area contributed by atoms with Crippen molar-refractivity contribution in [2.24, 2.45) is 5.92 Å². The van der Waals surface area contributed by atoms with E-state index in [2.05, 4.69) is 19.2 Å². The van der Waals surface area contributed by atoms with Crippen molar-refractivity contribution in [3.8, 4) is 0 Å². The summed E-state index contributed by atoms with van der Waals surface area (Å²) < 4.78 is 12.9. The Labute approximate surface area is 102 Å². The van der Waals surface area contributed by atoms with Crippen LogP contribution in [-0.2, 0) is 6.42 Å². The molecule has 0 aromatic heterocycles. The predicted octanol–water partition coefficient (Wildman–Crippen LogP) is 3.66. The second-order valence-electron chi connectivity index (χ2n) is 4.02. The molecule has 90 valence electrons. The minimum atomic E-state index is -0.270. The first kappa shape index (κ1) is 13.5. The minimum Gasteiger partial charge on any atom is -0.317 e. The first-order valence-electron chi connectivity index (χ1n) is 5.82. The molecule has 0 saturated heterocycles. The molecule has 0 aliphatic rings. The van der Waals surface area contributed by atoms with Gasteiger partial charge in [-0.1, -0.05) is 37.9 Å². The lowest BCUT2D eigenvalue weighted by atomic mass is 9.97. The zero-order valence-corrected chi connectivity index (χ0v) is 10.6. The van der Waals surface area contributed by atoms with Gasteiger partial charge >= 0.3 is 0 Å². The topological polar surface area (TPSA) is 12.0 Å². The van der Waals surface area contributed by atoms with Crippen LogP contribution in [0.25, 0.3) is 0 Å². The lowest BCUT2D eigenvalue weighted by Crippen LogP contribution is -2.23. The van der Waals surface area contributed by atoms with Crippen molar-refractivity contribution in [2.45, 2.75) is 26.7 Å². The fourth-order valence-corrected chi connectivity index (χ4v) is 1.95. The fourth-order valence-electron chi connectivity index (χ4n) is 1.71. The molecule has 1 unspecified atom stereocenters. The number of hydrogen-bond acceptors (Lipinski definition) is 1. The maximum Gasteiger partial charge on any atom is 0.124 e. The first-order chi connectivity index (χ1) is 7.67. The van der Waals surface area contributed by atoms with Crippen molar-refractivity contribution in [2.75, 3.05) is 13.1 Å². The molecule has 1 aromatic rings. The van der Waals surface area contributed by atoms with Crippen LogP contribution in [0, 0.1) is 11.7 Å². The highest BCUT2D eigenvalue weighted by Gasteiger charge is 2.09. The minimum absolute atomic E-state index is 0.270. The normalized spacial score (nSPS) is 12.8. The molecule has 1 nitrogen and oxygen atoms in total. The molecule has 0 bridgehead atoms. The van der Waals surface area contributed by atoms with Gasteiger partial charge in [0.25, 0.3) is 0 Å². The van der Waals surface area contributed by atoms with Crippen molar-refractivity contribution < 1.29 is 4.39 Å². The summed E-state index contributed by atoms with van der Waals surface area (Å²) in [4.78, 5) is 0. The number of nitrogens with one attached hydrogen (secondary N) is 1. The summed E-state index contributed by atoms with van der Waals surface area (Å²) in [6, 6.07) is 4.64. The van der Waals surface area contributed by atoms with Gasteiger partial charge in [0.1, 0.15) is 5.82 Å². The van der Waals surface area contributed by atoms with E-state index in [4.69, 9.17) is 11.6 Å². The van der Waals surface area contributed by atoms with E-state index in [-0.39, 0.29) is 5.82 Å². The molecule has 0 fully saturated rings. The van der Waals surface area contributed by atoms with Gasteiger partial charge in [-0.05, 0) is 43.1 Å². The lowest BCUT2D eigenvalue weighted by Gasteiger charge is -2.16. The molecule has 1 aromatic carbocycles. The predicted molar refractivity (Wildman–Crippen MR) is 67.4 cm³/mol. The van der Waals surface area contributed by atoms with Crippen molar-refractivity contribution >= 4 is 11.6 Å². The summed E-state index contributed by atoms with van der Waals surface area (Å²) in [6.07, 6.45) is 2.00. The van der Waals surface area contributed by atoms with Crippen molar-refractivity contribution in [3.05, 3.63) is 34.6 Å².